The zero-order valence-corrected chi connectivity index (χ0v) is 15.3. The fourth-order valence-corrected chi connectivity index (χ4v) is 4.62. The number of hydrogen-bond donors (Lipinski definition) is 2. The van der Waals surface area contributed by atoms with Crippen LogP contribution >= 0.6 is 0 Å². The van der Waals surface area contributed by atoms with Crippen molar-refractivity contribution in [2.24, 2.45) is 11.8 Å². The van der Waals surface area contributed by atoms with E-state index in [9.17, 15) is 14.4 Å². The Labute approximate surface area is 149 Å². The third-order valence-electron chi connectivity index (χ3n) is 6.16. The Hall–Kier alpha value is -1.63. The van der Waals surface area contributed by atoms with Crippen LogP contribution in [-0.2, 0) is 9.59 Å². The highest BCUT2D eigenvalue weighted by Gasteiger charge is 2.55. The summed E-state index contributed by atoms with van der Waals surface area (Å²) in [5, 5.41) is 6.07. The summed E-state index contributed by atoms with van der Waals surface area (Å²) < 4.78 is 0. The van der Waals surface area contributed by atoms with Crippen molar-refractivity contribution in [1.82, 2.24) is 20.4 Å². The highest BCUT2D eigenvalue weighted by molar-refractivity contribution is 6.09. The van der Waals surface area contributed by atoms with E-state index in [1.54, 1.807) is 4.90 Å². The largest absolute Gasteiger partial charge is 0.341 e. The number of rotatable bonds is 4. The molecular weight excluding hydrogens is 320 g/mol. The molecule has 3 aliphatic rings. The number of likely N-dealkylation sites (tertiary alicyclic amines) is 1. The number of carbonyl (C=O) groups is 3. The molecule has 3 rings (SSSR count). The van der Waals surface area contributed by atoms with Crippen LogP contribution in [0.1, 0.15) is 45.4 Å². The summed E-state index contributed by atoms with van der Waals surface area (Å²) in [7, 11) is 1.92. The number of hydrogen-bond acceptors (Lipinski definition) is 4. The molecule has 3 fully saturated rings. The van der Waals surface area contributed by atoms with Crippen LogP contribution in [0.25, 0.3) is 0 Å². The average molecular weight is 350 g/mol. The lowest BCUT2D eigenvalue weighted by atomic mass is 9.73. The molecule has 3 atom stereocenters. The molecule has 4 amide bonds. The van der Waals surface area contributed by atoms with Gasteiger partial charge in [-0.1, -0.05) is 19.8 Å². The van der Waals surface area contributed by atoms with E-state index in [2.05, 4.69) is 10.6 Å². The van der Waals surface area contributed by atoms with Crippen molar-refractivity contribution in [3.05, 3.63) is 0 Å². The maximum atomic E-state index is 13.0. The zero-order chi connectivity index (χ0) is 18.0. The van der Waals surface area contributed by atoms with E-state index < -0.39 is 11.6 Å². The second kappa shape index (κ2) is 7.32. The van der Waals surface area contributed by atoms with Crippen LogP contribution in [-0.4, -0.2) is 66.4 Å². The van der Waals surface area contributed by atoms with Crippen molar-refractivity contribution in [3.8, 4) is 0 Å². The number of nitrogens with zero attached hydrogens (tertiary/aromatic N) is 2. The standard InChI is InChI=1S/C18H30N4O3/c1-13-6-3-4-8-18(13)16(24)22(17(25)20-18)12-15(23)21-9-5-7-14(11-21)10-19-2/h13-14,19H,3-12H2,1-2H3,(H,20,25). The predicted molar refractivity (Wildman–Crippen MR) is 93.8 cm³/mol. The molecule has 140 valence electrons. The van der Waals surface area contributed by atoms with E-state index >= 15 is 0 Å². The number of nitrogens with one attached hydrogen (secondary N) is 2. The van der Waals surface area contributed by atoms with Crippen LogP contribution in [0.4, 0.5) is 4.79 Å². The first-order chi connectivity index (χ1) is 12.0. The van der Waals surface area contributed by atoms with Gasteiger partial charge in [0.1, 0.15) is 12.1 Å². The molecule has 25 heavy (non-hydrogen) atoms. The lowest BCUT2D eigenvalue weighted by Crippen LogP contribution is -2.54. The second-order valence-corrected chi connectivity index (χ2v) is 7.85. The van der Waals surface area contributed by atoms with Gasteiger partial charge in [-0.2, -0.15) is 0 Å². The van der Waals surface area contributed by atoms with E-state index in [4.69, 9.17) is 0 Å². The van der Waals surface area contributed by atoms with Gasteiger partial charge in [0, 0.05) is 13.1 Å². The number of imide groups is 1. The Morgan fingerprint density at radius 2 is 2.08 bits per heavy atom. The molecule has 2 aliphatic heterocycles. The molecule has 7 heteroatoms. The fourth-order valence-electron chi connectivity index (χ4n) is 4.62. The van der Waals surface area contributed by atoms with Gasteiger partial charge >= 0.3 is 6.03 Å². The van der Waals surface area contributed by atoms with Crippen molar-refractivity contribution in [3.63, 3.8) is 0 Å². The quantitative estimate of drug-likeness (QED) is 0.740. The number of urea groups is 1. The number of carbonyl (C=O) groups excluding carboxylic acids is 3. The Morgan fingerprint density at radius 3 is 2.80 bits per heavy atom. The van der Waals surface area contributed by atoms with E-state index in [1.807, 2.05) is 14.0 Å². The second-order valence-electron chi connectivity index (χ2n) is 7.85. The molecule has 0 aromatic rings. The predicted octanol–water partition coefficient (Wildman–Crippen LogP) is 0.945. The molecule has 3 unspecified atom stereocenters. The van der Waals surface area contributed by atoms with Crippen LogP contribution in [0, 0.1) is 11.8 Å². The Kier molecular flexibility index (Phi) is 5.32. The molecular formula is C18H30N4O3. The molecule has 0 aromatic carbocycles. The average Bonchev–Trinajstić information content (AvgIpc) is 2.83. The molecule has 7 nitrogen and oxygen atoms in total. The lowest BCUT2D eigenvalue weighted by Gasteiger charge is -2.37. The molecule has 0 bridgehead atoms. The van der Waals surface area contributed by atoms with Gasteiger partial charge in [0.05, 0.1) is 0 Å². The number of piperidine rings is 1. The van der Waals surface area contributed by atoms with Gasteiger partial charge in [0.15, 0.2) is 0 Å². The maximum absolute atomic E-state index is 13.0. The van der Waals surface area contributed by atoms with E-state index in [0.29, 0.717) is 25.4 Å². The van der Waals surface area contributed by atoms with Crippen LogP contribution in [0.15, 0.2) is 0 Å². The summed E-state index contributed by atoms with van der Waals surface area (Å²) in [4.78, 5) is 41.0. The van der Waals surface area contributed by atoms with Gasteiger partial charge < -0.3 is 15.5 Å². The molecule has 1 spiro atoms. The van der Waals surface area contributed by atoms with Gasteiger partial charge in [-0.25, -0.2) is 4.79 Å². The van der Waals surface area contributed by atoms with Crippen molar-refractivity contribution >= 4 is 17.8 Å². The third kappa shape index (κ3) is 3.38. The van der Waals surface area contributed by atoms with Crippen LogP contribution in [0.2, 0.25) is 0 Å². The van der Waals surface area contributed by atoms with E-state index in [0.717, 1.165) is 43.5 Å². The first kappa shape index (κ1) is 18.2. The molecule has 1 aliphatic carbocycles. The van der Waals surface area contributed by atoms with Crippen LogP contribution in [0.3, 0.4) is 0 Å². The number of amides is 4. The highest BCUT2D eigenvalue weighted by Crippen LogP contribution is 2.38. The first-order valence-electron chi connectivity index (χ1n) is 9.54. The summed E-state index contributed by atoms with van der Waals surface area (Å²) in [5.41, 5.74) is -0.786. The molecule has 1 saturated carbocycles. The zero-order valence-electron chi connectivity index (χ0n) is 15.3. The molecule has 2 saturated heterocycles. The Bertz CT molecular complexity index is 550. The minimum absolute atomic E-state index is 0.118. The molecule has 0 aromatic heterocycles. The van der Waals surface area contributed by atoms with Crippen LogP contribution < -0.4 is 10.6 Å². The van der Waals surface area contributed by atoms with E-state index in [1.165, 1.54) is 0 Å². The molecule has 0 radical (unpaired) electrons. The summed E-state index contributed by atoms with van der Waals surface area (Å²) in [6.07, 6.45) is 5.72. The lowest BCUT2D eigenvalue weighted by molar-refractivity contribution is -0.141. The fraction of sp³-hybridized carbons (Fsp3) is 0.833. The summed E-state index contributed by atoms with van der Waals surface area (Å²) in [6.45, 7) is 4.18. The summed E-state index contributed by atoms with van der Waals surface area (Å²) >= 11 is 0. The monoisotopic (exact) mass is 350 g/mol. The van der Waals surface area contributed by atoms with Crippen LogP contribution in [0.5, 0.6) is 0 Å². The molecule has 2 heterocycles. The van der Waals surface area contributed by atoms with Gasteiger partial charge in [0.2, 0.25) is 5.91 Å². The summed E-state index contributed by atoms with van der Waals surface area (Å²) in [5.74, 6) is 0.231. The SMILES string of the molecule is CNCC1CCCN(C(=O)CN2C(=O)NC3(CCCCC3C)C2=O)C1. The highest BCUT2D eigenvalue weighted by atomic mass is 16.2. The van der Waals surface area contributed by atoms with E-state index in [-0.39, 0.29) is 24.3 Å². The molecule has 2 N–H and O–H groups in total. The Balaban J connectivity index is 1.65. The minimum Gasteiger partial charge on any atom is -0.341 e. The Morgan fingerprint density at radius 1 is 1.28 bits per heavy atom. The minimum atomic E-state index is -0.786. The summed E-state index contributed by atoms with van der Waals surface area (Å²) in [6, 6.07) is -0.407. The van der Waals surface area contributed by atoms with Gasteiger partial charge in [-0.15, -0.1) is 0 Å². The first-order valence-corrected chi connectivity index (χ1v) is 9.54. The van der Waals surface area contributed by atoms with Gasteiger partial charge in [0.25, 0.3) is 5.91 Å². The van der Waals surface area contributed by atoms with Gasteiger partial charge in [-0.05, 0) is 51.1 Å². The third-order valence-corrected chi connectivity index (χ3v) is 6.16. The maximum Gasteiger partial charge on any atom is 0.325 e. The smallest absolute Gasteiger partial charge is 0.325 e. The van der Waals surface area contributed by atoms with Crippen molar-refractivity contribution in [2.75, 3.05) is 33.2 Å². The van der Waals surface area contributed by atoms with Gasteiger partial charge in [-0.3, -0.25) is 14.5 Å². The van der Waals surface area contributed by atoms with Crippen molar-refractivity contribution < 1.29 is 14.4 Å². The van der Waals surface area contributed by atoms with Crippen molar-refractivity contribution in [2.45, 2.75) is 51.0 Å². The topological polar surface area (TPSA) is 81.8 Å². The normalized spacial score (nSPS) is 33.0. The van der Waals surface area contributed by atoms with Crippen molar-refractivity contribution in [1.29, 1.82) is 0 Å².